The SMILES string of the molecule is O=C(NC(=O)c1ccsc1NC(=O)C1CC2CCCCC2C1)OC1CCCC1. The molecule has 28 heavy (non-hydrogen) atoms. The number of fused-ring (bicyclic) bond motifs is 1. The number of imide groups is 1. The quantitative estimate of drug-likeness (QED) is 0.761. The lowest BCUT2D eigenvalue weighted by atomic mass is 9.82. The minimum absolute atomic E-state index is 0.000526. The highest BCUT2D eigenvalue weighted by Gasteiger charge is 2.39. The first kappa shape index (κ1) is 19.4. The van der Waals surface area contributed by atoms with E-state index >= 15 is 0 Å². The van der Waals surface area contributed by atoms with Crippen LogP contribution in [-0.2, 0) is 9.53 Å². The van der Waals surface area contributed by atoms with Crippen LogP contribution in [-0.4, -0.2) is 24.0 Å². The number of thiophene rings is 1. The molecule has 3 saturated carbocycles. The van der Waals surface area contributed by atoms with E-state index < -0.39 is 12.0 Å². The summed E-state index contributed by atoms with van der Waals surface area (Å²) in [6.45, 7) is 0. The first-order valence-corrected chi connectivity index (χ1v) is 11.4. The minimum Gasteiger partial charge on any atom is -0.446 e. The molecule has 0 radical (unpaired) electrons. The molecule has 0 bridgehead atoms. The van der Waals surface area contributed by atoms with E-state index in [9.17, 15) is 14.4 Å². The number of alkyl carbamates (subject to hydrolysis) is 1. The molecule has 3 fully saturated rings. The zero-order valence-corrected chi connectivity index (χ0v) is 16.9. The summed E-state index contributed by atoms with van der Waals surface area (Å²) in [6.07, 6.45) is 9.95. The smallest absolute Gasteiger partial charge is 0.414 e. The number of ether oxygens (including phenoxy) is 1. The Morgan fingerprint density at radius 2 is 1.61 bits per heavy atom. The van der Waals surface area contributed by atoms with Gasteiger partial charge in [-0.3, -0.25) is 14.9 Å². The van der Waals surface area contributed by atoms with Gasteiger partial charge in [-0.1, -0.05) is 25.7 Å². The van der Waals surface area contributed by atoms with Crippen molar-refractivity contribution in [3.8, 4) is 0 Å². The maximum atomic E-state index is 12.8. The van der Waals surface area contributed by atoms with Crippen molar-refractivity contribution in [3.63, 3.8) is 0 Å². The molecule has 0 spiro atoms. The predicted molar refractivity (Wildman–Crippen MR) is 107 cm³/mol. The highest BCUT2D eigenvalue weighted by molar-refractivity contribution is 7.14. The molecule has 0 saturated heterocycles. The number of amides is 3. The van der Waals surface area contributed by atoms with Gasteiger partial charge in [0, 0.05) is 5.92 Å². The third-order valence-corrected chi connectivity index (χ3v) is 7.38. The number of hydrogen-bond donors (Lipinski definition) is 2. The Hall–Kier alpha value is -1.89. The van der Waals surface area contributed by atoms with E-state index in [1.165, 1.54) is 37.0 Å². The van der Waals surface area contributed by atoms with Crippen molar-refractivity contribution in [2.75, 3.05) is 5.32 Å². The molecule has 2 N–H and O–H groups in total. The fourth-order valence-corrected chi connectivity index (χ4v) is 5.88. The predicted octanol–water partition coefficient (Wildman–Crippen LogP) is 4.71. The average molecular weight is 405 g/mol. The summed E-state index contributed by atoms with van der Waals surface area (Å²) in [5.41, 5.74) is 0.317. The molecule has 3 amide bonds. The van der Waals surface area contributed by atoms with Crippen LogP contribution in [0.4, 0.5) is 9.80 Å². The van der Waals surface area contributed by atoms with Crippen LogP contribution in [0.25, 0.3) is 0 Å². The second-order valence-corrected chi connectivity index (χ2v) is 9.31. The molecule has 0 aromatic carbocycles. The summed E-state index contributed by atoms with van der Waals surface area (Å²) in [7, 11) is 0. The van der Waals surface area contributed by atoms with Gasteiger partial charge in [0.05, 0.1) is 5.56 Å². The van der Waals surface area contributed by atoms with Crippen molar-refractivity contribution in [2.24, 2.45) is 17.8 Å². The molecule has 3 aliphatic rings. The van der Waals surface area contributed by atoms with Gasteiger partial charge < -0.3 is 10.1 Å². The lowest BCUT2D eigenvalue weighted by Crippen LogP contribution is -2.33. The van der Waals surface area contributed by atoms with E-state index in [1.807, 2.05) is 0 Å². The molecular weight excluding hydrogens is 376 g/mol. The van der Waals surface area contributed by atoms with Gasteiger partial charge in [0.2, 0.25) is 5.91 Å². The van der Waals surface area contributed by atoms with E-state index in [4.69, 9.17) is 4.74 Å². The standard InChI is InChI=1S/C21H28N2O4S/c24-18(15-11-13-5-1-2-6-14(13)12-15)22-20-17(9-10-28-20)19(25)23-21(26)27-16-7-3-4-8-16/h9-10,13-16H,1-8,11-12H2,(H,22,24)(H,23,25,26). The number of rotatable bonds is 4. The molecule has 7 heteroatoms. The van der Waals surface area contributed by atoms with E-state index in [-0.39, 0.29) is 17.9 Å². The maximum Gasteiger partial charge on any atom is 0.414 e. The molecule has 4 rings (SSSR count). The second-order valence-electron chi connectivity index (χ2n) is 8.39. The Labute approximate surface area is 169 Å². The lowest BCUT2D eigenvalue weighted by molar-refractivity contribution is -0.119. The summed E-state index contributed by atoms with van der Waals surface area (Å²) in [5, 5.41) is 7.48. The third kappa shape index (κ3) is 4.40. The van der Waals surface area contributed by atoms with Crippen LogP contribution in [0.3, 0.4) is 0 Å². The normalized spacial score (nSPS) is 27.2. The molecule has 1 aromatic heterocycles. The van der Waals surface area contributed by atoms with E-state index in [2.05, 4.69) is 10.6 Å². The van der Waals surface area contributed by atoms with Crippen molar-refractivity contribution in [2.45, 2.75) is 70.3 Å². The van der Waals surface area contributed by atoms with E-state index in [0.29, 0.717) is 22.4 Å². The summed E-state index contributed by atoms with van der Waals surface area (Å²) < 4.78 is 5.28. The van der Waals surface area contributed by atoms with Crippen LogP contribution in [0.5, 0.6) is 0 Å². The number of nitrogens with one attached hydrogen (secondary N) is 2. The molecule has 6 nitrogen and oxygen atoms in total. The molecule has 3 aliphatic carbocycles. The largest absolute Gasteiger partial charge is 0.446 e. The minimum atomic E-state index is -0.708. The van der Waals surface area contributed by atoms with Gasteiger partial charge in [-0.15, -0.1) is 11.3 Å². The van der Waals surface area contributed by atoms with E-state index in [1.54, 1.807) is 11.4 Å². The molecular formula is C21H28N2O4S. The molecule has 1 aromatic rings. The monoisotopic (exact) mass is 404 g/mol. The maximum absolute atomic E-state index is 12.8. The fourth-order valence-electron chi connectivity index (χ4n) is 5.09. The van der Waals surface area contributed by atoms with Gasteiger partial charge in [-0.2, -0.15) is 0 Å². The van der Waals surface area contributed by atoms with Gasteiger partial charge in [-0.25, -0.2) is 4.79 Å². The highest BCUT2D eigenvalue weighted by Crippen LogP contribution is 2.45. The van der Waals surface area contributed by atoms with Gasteiger partial charge in [-0.05, 0) is 61.8 Å². The summed E-state index contributed by atoms with van der Waals surface area (Å²) in [5.74, 6) is 0.861. The van der Waals surface area contributed by atoms with Crippen LogP contribution in [0.2, 0.25) is 0 Å². The van der Waals surface area contributed by atoms with Crippen molar-refractivity contribution in [3.05, 3.63) is 17.0 Å². The zero-order valence-electron chi connectivity index (χ0n) is 16.1. The van der Waals surface area contributed by atoms with Gasteiger partial charge in [0.1, 0.15) is 11.1 Å². The zero-order chi connectivity index (χ0) is 19.5. The topological polar surface area (TPSA) is 84.5 Å². The van der Waals surface area contributed by atoms with Gasteiger partial charge in [0.15, 0.2) is 0 Å². The van der Waals surface area contributed by atoms with Crippen LogP contribution in [0, 0.1) is 17.8 Å². The van der Waals surface area contributed by atoms with Crippen LogP contribution < -0.4 is 10.6 Å². The van der Waals surface area contributed by atoms with Crippen molar-refractivity contribution in [1.29, 1.82) is 0 Å². The number of carbonyl (C=O) groups is 3. The van der Waals surface area contributed by atoms with Gasteiger partial charge in [0.25, 0.3) is 5.91 Å². The van der Waals surface area contributed by atoms with Crippen LogP contribution in [0.1, 0.15) is 74.6 Å². The Morgan fingerprint density at radius 3 is 2.29 bits per heavy atom. The van der Waals surface area contributed by atoms with Gasteiger partial charge >= 0.3 is 6.09 Å². The number of hydrogen-bond acceptors (Lipinski definition) is 5. The lowest BCUT2D eigenvalue weighted by Gasteiger charge is -2.24. The van der Waals surface area contributed by atoms with Crippen LogP contribution >= 0.6 is 11.3 Å². The van der Waals surface area contributed by atoms with Crippen molar-refractivity contribution in [1.82, 2.24) is 5.32 Å². The molecule has 2 unspecified atom stereocenters. The summed E-state index contributed by atoms with van der Waals surface area (Å²) in [4.78, 5) is 37.2. The first-order valence-electron chi connectivity index (χ1n) is 10.5. The number of anilines is 1. The molecule has 152 valence electrons. The van der Waals surface area contributed by atoms with E-state index in [0.717, 1.165) is 38.5 Å². The fraction of sp³-hybridized carbons (Fsp3) is 0.667. The molecule has 1 heterocycles. The average Bonchev–Trinajstić information content (AvgIpc) is 3.41. The van der Waals surface area contributed by atoms with Crippen molar-refractivity contribution >= 4 is 34.2 Å². The Morgan fingerprint density at radius 1 is 0.964 bits per heavy atom. The van der Waals surface area contributed by atoms with Crippen LogP contribution in [0.15, 0.2) is 11.4 Å². The Balaban J connectivity index is 1.32. The molecule has 2 atom stereocenters. The Bertz CT molecular complexity index is 727. The third-order valence-electron chi connectivity index (χ3n) is 6.55. The summed E-state index contributed by atoms with van der Waals surface area (Å²) in [6, 6.07) is 1.63. The first-order chi connectivity index (χ1) is 13.6. The molecule has 0 aliphatic heterocycles. The Kier molecular flexibility index (Phi) is 5.99. The second kappa shape index (κ2) is 8.64. The van der Waals surface area contributed by atoms with Crippen molar-refractivity contribution < 1.29 is 19.1 Å². The number of carbonyl (C=O) groups excluding carboxylic acids is 3. The highest BCUT2D eigenvalue weighted by atomic mass is 32.1. The summed E-state index contributed by atoms with van der Waals surface area (Å²) >= 11 is 1.31.